The second-order valence-electron chi connectivity index (χ2n) is 13.2. The molecule has 8 aromatic rings. The lowest BCUT2D eigenvalue weighted by atomic mass is 9.93. The predicted molar refractivity (Wildman–Crippen MR) is 205 cm³/mol. The summed E-state index contributed by atoms with van der Waals surface area (Å²) < 4.78 is 4.50. The SMILES string of the molecule is CC1C=Cc2c(c3ccccc3n2-c2cc(C#N)ccc2-c2cccc(-c3cccc(-n4c5ccc(C#N)cc5c5c(C#N)cccc54)c3)c2)C1. The van der Waals surface area contributed by atoms with Gasteiger partial charge in [-0.15, -0.1) is 0 Å². The normalized spacial score (nSPS) is 13.6. The number of fused-ring (bicyclic) bond motifs is 6. The van der Waals surface area contributed by atoms with Crippen molar-refractivity contribution >= 4 is 38.8 Å². The van der Waals surface area contributed by atoms with Gasteiger partial charge in [-0.3, -0.25) is 0 Å². The van der Waals surface area contributed by atoms with Crippen molar-refractivity contribution in [3.05, 3.63) is 161 Å². The maximum Gasteiger partial charge on any atom is 0.0998 e. The van der Waals surface area contributed by atoms with Crippen LogP contribution in [0.4, 0.5) is 0 Å². The molecule has 2 heterocycles. The van der Waals surface area contributed by atoms with Crippen molar-refractivity contribution in [3.63, 3.8) is 0 Å². The van der Waals surface area contributed by atoms with Gasteiger partial charge in [0.05, 0.1) is 57.1 Å². The van der Waals surface area contributed by atoms with Crippen LogP contribution in [0.1, 0.15) is 34.9 Å². The Morgan fingerprint density at radius 3 is 2.14 bits per heavy atom. The van der Waals surface area contributed by atoms with E-state index in [0.717, 1.165) is 67.4 Å². The molecule has 0 amide bonds. The summed E-state index contributed by atoms with van der Waals surface area (Å²) in [5, 5.41) is 32.6. The van der Waals surface area contributed by atoms with Crippen molar-refractivity contribution in [2.24, 2.45) is 5.92 Å². The third-order valence-electron chi connectivity index (χ3n) is 10.1. The summed E-state index contributed by atoms with van der Waals surface area (Å²) in [6.07, 6.45) is 5.49. The van der Waals surface area contributed by atoms with Crippen LogP contribution in [0.25, 0.3) is 72.4 Å². The summed E-state index contributed by atoms with van der Waals surface area (Å²) in [6, 6.07) is 50.0. The number of hydrogen-bond donors (Lipinski definition) is 0. The Bertz CT molecular complexity index is 2900. The summed E-state index contributed by atoms with van der Waals surface area (Å²) in [5.74, 6) is 0.458. The van der Waals surface area contributed by atoms with Crippen molar-refractivity contribution in [1.29, 1.82) is 15.8 Å². The zero-order valence-electron chi connectivity index (χ0n) is 27.8. The smallest absolute Gasteiger partial charge is 0.0998 e. The van der Waals surface area contributed by atoms with Crippen LogP contribution in [0.5, 0.6) is 0 Å². The van der Waals surface area contributed by atoms with E-state index in [0.29, 0.717) is 22.6 Å². The van der Waals surface area contributed by atoms with Gasteiger partial charge in [-0.2, -0.15) is 15.8 Å². The Morgan fingerprint density at radius 2 is 1.29 bits per heavy atom. The van der Waals surface area contributed by atoms with Gasteiger partial charge in [-0.05, 0) is 107 Å². The molecule has 0 saturated carbocycles. The standard InChI is InChI=1S/C46H29N5/c1-29-15-19-42-39(21-29)38-12-2-3-13-41(38)51(42)45-23-31(27-48)16-18-37(45)34-9-4-7-32(24-34)33-8-5-11-36(25-33)50-43-20-17-30(26-47)22-40(43)46-35(28-49)10-6-14-44(46)50/h2-20,22-25,29H,21H2,1H3. The maximum atomic E-state index is 10.00. The lowest BCUT2D eigenvalue weighted by Crippen LogP contribution is -2.06. The summed E-state index contributed by atoms with van der Waals surface area (Å²) in [4.78, 5) is 0. The molecule has 2 aromatic heterocycles. The van der Waals surface area contributed by atoms with Crippen LogP contribution in [-0.2, 0) is 6.42 Å². The van der Waals surface area contributed by atoms with Gasteiger partial charge in [0.25, 0.3) is 0 Å². The highest BCUT2D eigenvalue weighted by Crippen LogP contribution is 2.40. The predicted octanol–water partition coefficient (Wildman–Crippen LogP) is 10.9. The number of aromatic nitrogens is 2. The second kappa shape index (κ2) is 11.8. The molecule has 1 atom stereocenters. The van der Waals surface area contributed by atoms with Crippen LogP contribution in [0.15, 0.2) is 133 Å². The van der Waals surface area contributed by atoms with Crippen molar-refractivity contribution < 1.29 is 0 Å². The Hall–Kier alpha value is -7.13. The van der Waals surface area contributed by atoms with Gasteiger partial charge in [-0.1, -0.05) is 73.7 Å². The van der Waals surface area contributed by atoms with Crippen molar-refractivity contribution in [2.45, 2.75) is 13.3 Å². The first-order chi connectivity index (χ1) is 25.1. The van der Waals surface area contributed by atoms with Gasteiger partial charge in [0.1, 0.15) is 0 Å². The number of para-hydroxylation sites is 1. The quantitative estimate of drug-likeness (QED) is 0.190. The fraction of sp³-hybridized carbons (Fsp3) is 0.0652. The lowest BCUT2D eigenvalue weighted by molar-refractivity contribution is 0.718. The Balaban J connectivity index is 1.21. The van der Waals surface area contributed by atoms with Crippen LogP contribution in [0.3, 0.4) is 0 Å². The van der Waals surface area contributed by atoms with E-state index in [1.54, 1.807) is 0 Å². The van der Waals surface area contributed by atoms with Gasteiger partial charge < -0.3 is 9.13 Å². The van der Waals surface area contributed by atoms with E-state index in [2.05, 4.69) is 125 Å². The Labute approximate surface area is 295 Å². The van der Waals surface area contributed by atoms with E-state index < -0.39 is 0 Å². The first-order valence-electron chi connectivity index (χ1n) is 17.0. The molecule has 1 aliphatic carbocycles. The average molecular weight is 652 g/mol. The molecule has 9 rings (SSSR count). The van der Waals surface area contributed by atoms with Crippen LogP contribution in [-0.4, -0.2) is 9.13 Å². The van der Waals surface area contributed by atoms with Gasteiger partial charge in [0.15, 0.2) is 0 Å². The zero-order valence-corrected chi connectivity index (χ0v) is 27.8. The van der Waals surface area contributed by atoms with Crippen molar-refractivity contribution in [2.75, 3.05) is 0 Å². The molecule has 238 valence electrons. The molecule has 0 N–H and O–H groups in total. The second-order valence-corrected chi connectivity index (χ2v) is 13.2. The molecule has 5 heteroatoms. The molecule has 0 saturated heterocycles. The van der Waals surface area contributed by atoms with E-state index in [1.165, 1.54) is 16.6 Å². The first kappa shape index (κ1) is 30.0. The molecule has 51 heavy (non-hydrogen) atoms. The van der Waals surface area contributed by atoms with Crippen LogP contribution in [0, 0.1) is 39.9 Å². The summed E-state index contributed by atoms with van der Waals surface area (Å²) >= 11 is 0. The molecule has 0 bridgehead atoms. The number of nitriles is 3. The molecule has 0 spiro atoms. The summed E-state index contributed by atoms with van der Waals surface area (Å²) in [7, 11) is 0. The number of allylic oxidation sites excluding steroid dienone is 1. The van der Waals surface area contributed by atoms with E-state index in [4.69, 9.17) is 0 Å². The molecular weight excluding hydrogens is 623 g/mol. The summed E-state index contributed by atoms with van der Waals surface area (Å²) in [6.45, 7) is 2.25. The molecule has 1 unspecified atom stereocenters. The third kappa shape index (κ3) is 4.74. The van der Waals surface area contributed by atoms with Gasteiger partial charge >= 0.3 is 0 Å². The fourth-order valence-electron chi connectivity index (χ4n) is 7.85. The Morgan fingerprint density at radius 1 is 0.588 bits per heavy atom. The fourth-order valence-corrected chi connectivity index (χ4v) is 7.85. The monoisotopic (exact) mass is 651 g/mol. The van der Waals surface area contributed by atoms with Gasteiger partial charge in [0, 0.05) is 33.1 Å². The minimum atomic E-state index is 0.458. The minimum absolute atomic E-state index is 0.458. The summed E-state index contributed by atoms with van der Waals surface area (Å²) in [5.41, 5.74) is 13.4. The van der Waals surface area contributed by atoms with E-state index in [9.17, 15) is 15.8 Å². The van der Waals surface area contributed by atoms with E-state index in [-0.39, 0.29) is 0 Å². The average Bonchev–Trinajstić information content (AvgIpc) is 3.69. The van der Waals surface area contributed by atoms with Crippen LogP contribution in [0.2, 0.25) is 0 Å². The first-order valence-corrected chi connectivity index (χ1v) is 17.0. The molecular formula is C46H29N5. The topological polar surface area (TPSA) is 81.2 Å². The third-order valence-corrected chi connectivity index (χ3v) is 10.1. The largest absolute Gasteiger partial charge is 0.309 e. The molecule has 5 nitrogen and oxygen atoms in total. The minimum Gasteiger partial charge on any atom is -0.309 e. The lowest BCUT2D eigenvalue weighted by Gasteiger charge is -2.19. The van der Waals surface area contributed by atoms with E-state index >= 15 is 0 Å². The van der Waals surface area contributed by atoms with Gasteiger partial charge in [0.2, 0.25) is 0 Å². The number of nitrogens with zero attached hydrogens (tertiary/aromatic N) is 5. The molecule has 6 aromatic carbocycles. The van der Waals surface area contributed by atoms with Crippen molar-refractivity contribution in [1.82, 2.24) is 9.13 Å². The number of hydrogen-bond acceptors (Lipinski definition) is 3. The number of rotatable bonds is 4. The highest BCUT2D eigenvalue weighted by molar-refractivity contribution is 6.12. The highest BCUT2D eigenvalue weighted by atomic mass is 15.0. The van der Waals surface area contributed by atoms with Crippen LogP contribution >= 0.6 is 0 Å². The number of benzene rings is 6. The van der Waals surface area contributed by atoms with Crippen LogP contribution < -0.4 is 0 Å². The maximum absolute atomic E-state index is 10.00. The molecule has 0 radical (unpaired) electrons. The zero-order chi connectivity index (χ0) is 34.6. The molecule has 1 aliphatic rings. The Kier molecular flexibility index (Phi) is 6.92. The molecule has 0 aliphatic heterocycles. The van der Waals surface area contributed by atoms with E-state index in [1.807, 2.05) is 48.5 Å². The molecule has 0 fully saturated rings. The van der Waals surface area contributed by atoms with Gasteiger partial charge in [-0.25, -0.2) is 0 Å². The van der Waals surface area contributed by atoms with Crippen molar-refractivity contribution in [3.8, 4) is 51.8 Å². The highest BCUT2D eigenvalue weighted by Gasteiger charge is 2.23.